The number of rotatable bonds is 8. The quantitative estimate of drug-likeness (QED) is 0.147. The molecule has 0 N–H and O–H groups in total. The number of hydrogen-bond acceptors (Lipinski definition) is 2. The molecule has 10 aromatic carbocycles. The summed E-state index contributed by atoms with van der Waals surface area (Å²) >= 11 is 1.78. The average molecular weight is 832 g/mol. The molecule has 0 aliphatic heterocycles. The van der Waals surface area contributed by atoms with Crippen molar-refractivity contribution < 1.29 is 0 Å². The van der Waals surface area contributed by atoms with E-state index in [0.29, 0.717) is 0 Å². The van der Waals surface area contributed by atoms with Crippen molar-refractivity contribution in [1.29, 1.82) is 0 Å². The van der Waals surface area contributed by atoms with Gasteiger partial charge in [0.2, 0.25) is 0 Å². The number of benzene rings is 9. The first kappa shape index (κ1) is 37.8. The Morgan fingerprint density at radius 3 is 1.73 bits per heavy atom. The van der Waals surface area contributed by atoms with E-state index >= 15 is 0 Å². The molecule has 0 radical (unpaired) electrons. The van der Waals surface area contributed by atoms with Crippen LogP contribution < -0.4 is 4.90 Å². The summed E-state index contributed by atoms with van der Waals surface area (Å²) < 4.78 is 2.41. The molecule has 1 aromatic heterocycles. The second-order valence-electron chi connectivity index (χ2n) is 16.6. The van der Waals surface area contributed by atoms with Gasteiger partial charge < -0.3 is 4.90 Å². The van der Waals surface area contributed by atoms with E-state index in [4.69, 9.17) is 0 Å². The highest BCUT2D eigenvalue weighted by Gasteiger charge is 2.22. The van der Waals surface area contributed by atoms with Gasteiger partial charge in [-0.1, -0.05) is 188 Å². The van der Waals surface area contributed by atoms with Gasteiger partial charge in [-0.25, -0.2) is 0 Å². The van der Waals surface area contributed by atoms with Crippen LogP contribution in [0.1, 0.15) is 18.4 Å². The lowest BCUT2D eigenvalue weighted by molar-refractivity contribution is 0.930. The Bertz CT molecular complexity index is 3600. The Balaban J connectivity index is 0.927. The highest BCUT2D eigenvalue weighted by atomic mass is 32.1. The molecule has 0 unspecified atom stereocenters. The van der Waals surface area contributed by atoms with Crippen molar-refractivity contribution in [2.75, 3.05) is 4.90 Å². The van der Waals surface area contributed by atoms with Gasteiger partial charge in [0.1, 0.15) is 0 Å². The fraction of sp³-hybridized carbons (Fsp3) is 0.0323. The van der Waals surface area contributed by atoms with Gasteiger partial charge in [-0.15, -0.1) is 11.3 Å². The van der Waals surface area contributed by atoms with Crippen LogP contribution in [0.5, 0.6) is 0 Å². The zero-order valence-corrected chi connectivity index (χ0v) is 35.9. The van der Waals surface area contributed by atoms with E-state index in [1.165, 1.54) is 87.2 Å². The van der Waals surface area contributed by atoms with E-state index in [1.54, 1.807) is 11.3 Å². The molecule has 0 saturated heterocycles. The van der Waals surface area contributed by atoms with Crippen molar-refractivity contribution in [3.05, 3.63) is 248 Å². The van der Waals surface area contributed by atoms with E-state index in [2.05, 4.69) is 242 Å². The lowest BCUT2D eigenvalue weighted by Gasteiger charge is -2.31. The molecule has 64 heavy (non-hydrogen) atoms. The summed E-state index contributed by atoms with van der Waals surface area (Å²) in [6.07, 6.45) is 6.49. The molecule has 0 spiro atoms. The Morgan fingerprint density at radius 2 is 0.984 bits per heavy atom. The molecule has 0 atom stereocenters. The Kier molecular flexibility index (Phi) is 9.48. The topological polar surface area (TPSA) is 3.24 Å². The zero-order valence-electron chi connectivity index (χ0n) is 35.1. The Hall–Kier alpha value is -7.96. The van der Waals surface area contributed by atoms with Crippen molar-refractivity contribution in [1.82, 2.24) is 0 Å². The highest BCUT2D eigenvalue weighted by Crippen LogP contribution is 2.43. The molecule has 11 aromatic rings. The van der Waals surface area contributed by atoms with Crippen LogP contribution in [0.4, 0.5) is 11.4 Å². The number of anilines is 2. The monoisotopic (exact) mass is 831 g/mol. The van der Waals surface area contributed by atoms with Crippen LogP contribution in [0.25, 0.3) is 91.8 Å². The molecule has 12 rings (SSSR count). The smallest absolute Gasteiger partial charge is 0.0857 e. The van der Waals surface area contributed by atoms with Crippen LogP contribution in [0.2, 0.25) is 0 Å². The van der Waals surface area contributed by atoms with Gasteiger partial charge in [-0.05, 0) is 127 Å². The van der Waals surface area contributed by atoms with Crippen LogP contribution in [-0.4, -0.2) is 0 Å². The number of allylic oxidation sites excluding steroid dienone is 4. The third-order valence-electron chi connectivity index (χ3n) is 12.9. The first-order valence-electron chi connectivity index (χ1n) is 22.0. The maximum absolute atomic E-state index is 3.58. The van der Waals surface area contributed by atoms with Gasteiger partial charge in [0.25, 0.3) is 0 Å². The van der Waals surface area contributed by atoms with Gasteiger partial charge in [0.15, 0.2) is 0 Å². The summed E-state index contributed by atoms with van der Waals surface area (Å²) in [6, 6.07) is 84.5. The first-order valence-corrected chi connectivity index (χ1v) is 22.9. The van der Waals surface area contributed by atoms with Gasteiger partial charge in [0.05, 0.1) is 10.4 Å². The molecular formula is C62H41NS. The van der Waals surface area contributed by atoms with Crippen molar-refractivity contribution in [3.8, 4) is 44.5 Å². The number of para-hydroxylation sites is 1. The van der Waals surface area contributed by atoms with Gasteiger partial charge in [0, 0.05) is 38.0 Å². The summed E-state index contributed by atoms with van der Waals surface area (Å²) in [5.41, 5.74) is 15.6. The minimum atomic E-state index is 0.893. The fourth-order valence-corrected chi connectivity index (χ4v) is 10.7. The van der Waals surface area contributed by atoms with E-state index in [1.807, 2.05) is 0 Å². The third kappa shape index (κ3) is 6.84. The van der Waals surface area contributed by atoms with Crippen LogP contribution in [-0.2, 0) is 0 Å². The number of thiophene rings is 1. The standard InChI is InChI=1S/C62H41NS/c1-3-18-53-45(12-1)14-10-22-55(53)47-28-26-42(27-29-47)43-30-35-51(36-31-43)63(60-24-7-5-20-57(60)50-34-39-62-59(41-50)58-21-6-8-25-61(58)64-62)52-37-32-44(33-38-52)48-16-9-17-49(40-48)56-23-11-15-46-13-2-4-19-54(46)56/h1-30,32-33,35,37-38,40-41H,31,36H2. The summed E-state index contributed by atoms with van der Waals surface area (Å²) in [6.45, 7) is 0. The van der Waals surface area contributed by atoms with Gasteiger partial charge in [-0.2, -0.15) is 0 Å². The van der Waals surface area contributed by atoms with Crippen LogP contribution in [0.15, 0.2) is 230 Å². The molecular weight excluding hydrogens is 791 g/mol. The molecule has 0 amide bonds. The summed E-state index contributed by atoms with van der Waals surface area (Å²) in [4.78, 5) is 2.46. The number of nitrogens with zero attached hydrogens (tertiary/aromatic N) is 1. The number of hydrogen-bond donors (Lipinski definition) is 0. The minimum Gasteiger partial charge on any atom is -0.314 e. The van der Waals surface area contributed by atoms with Gasteiger partial charge in [-0.3, -0.25) is 0 Å². The molecule has 1 aliphatic carbocycles. The first-order chi connectivity index (χ1) is 31.7. The van der Waals surface area contributed by atoms with Crippen molar-refractivity contribution >= 4 is 70.0 Å². The zero-order chi connectivity index (χ0) is 42.4. The largest absolute Gasteiger partial charge is 0.314 e. The maximum Gasteiger partial charge on any atom is 0.0857 e. The average Bonchev–Trinajstić information content (AvgIpc) is 3.75. The van der Waals surface area contributed by atoms with Crippen LogP contribution in [0, 0.1) is 12.1 Å². The summed E-state index contributed by atoms with van der Waals surface area (Å²) in [5, 5.41) is 7.55. The van der Waals surface area contributed by atoms with E-state index in [-0.39, 0.29) is 0 Å². The predicted octanol–water partition coefficient (Wildman–Crippen LogP) is 17.5. The predicted molar refractivity (Wildman–Crippen MR) is 274 cm³/mol. The lowest BCUT2D eigenvalue weighted by atomic mass is 9.92. The third-order valence-corrected chi connectivity index (χ3v) is 14.0. The molecule has 2 heteroatoms. The van der Waals surface area contributed by atoms with Crippen molar-refractivity contribution in [3.63, 3.8) is 0 Å². The van der Waals surface area contributed by atoms with Crippen molar-refractivity contribution in [2.24, 2.45) is 0 Å². The highest BCUT2D eigenvalue weighted by molar-refractivity contribution is 7.25. The second kappa shape index (κ2) is 16.1. The molecule has 300 valence electrons. The molecule has 0 bridgehead atoms. The molecule has 0 saturated carbocycles. The molecule has 1 heterocycles. The lowest BCUT2D eigenvalue weighted by Crippen LogP contribution is -2.18. The molecule has 0 fully saturated rings. The van der Waals surface area contributed by atoms with Crippen LogP contribution >= 0.6 is 11.3 Å². The second-order valence-corrected chi connectivity index (χ2v) is 17.7. The molecule has 1 nitrogen and oxygen atoms in total. The van der Waals surface area contributed by atoms with Gasteiger partial charge >= 0.3 is 0 Å². The normalized spacial score (nSPS) is 12.6. The van der Waals surface area contributed by atoms with E-state index in [0.717, 1.165) is 40.0 Å². The summed E-state index contributed by atoms with van der Waals surface area (Å²) in [7, 11) is 0. The minimum absolute atomic E-state index is 0.893. The fourth-order valence-electron chi connectivity index (χ4n) is 9.65. The van der Waals surface area contributed by atoms with Crippen LogP contribution in [0.3, 0.4) is 0 Å². The number of fused-ring (bicyclic) bond motifs is 5. The van der Waals surface area contributed by atoms with Crippen molar-refractivity contribution in [2.45, 2.75) is 12.8 Å². The Morgan fingerprint density at radius 1 is 0.391 bits per heavy atom. The molecule has 1 aliphatic rings. The van der Waals surface area contributed by atoms with E-state index < -0.39 is 0 Å². The summed E-state index contributed by atoms with van der Waals surface area (Å²) in [5.74, 6) is 0. The Labute approximate surface area is 378 Å². The van der Waals surface area contributed by atoms with E-state index in [9.17, 15) is 0 Å². The maximum atomic E-state index is 3.58. The SMILES string of the molecule is c1c(-c2ccccc2N(C2=CC=C(c3ccc(-c4cccc5ccccc45)cc3)CC2)c2ccc(-c3cccc(-c4cccc5ccccc45)c3)cc2)cc2c(c#1)sc1ccccc12.